The highest BCUT2D eigenvalue weighted by atomic mass is 35.5. The third-order valence-electron chi connectivity index (χ3n) is 7.09. The zero-order valence-electron chi connectivity index (χ0n) is 18.5. The number of carbonyl (C=O) groups is 2. The zero-order valence-corrected chi connectivity index (χ0v) is 20.0. The van der Waals surface area contributed by atoms with Crippen molar-refractivity contribution in [1.82, 2.24) is 5.32 Å². The van der Waals surface area contributed by atoms with E-state index in [4.69, 9.17) is 32.7 Å². The van der Waals surface area contributed by atoms with Crippen LogP contribution in [0.25, 0.3) is 0 Å². The van der Waals surface area contributed by atoms with Crippen molar-refractivity contribution < 1.29 is 28.6 Å². The third-order valence-corrected chi connectivity index (χ3v) is 7.63. The van der Waals surface area contributed by atoms with Crippen LogP contribution in [0.5, 0.6) is 11.5 Å². The van der Waals surface area contributed by atoms with Gasteiger partial charge in [-0.15, -0.1) is 0 Å². The van der Waals surface area contributed by atoms with Crippen molar-refractivity contribution in [3.05, 3.63) is 57.8 Å². The summed E-state index contributed by atoms with van der Waals surface area (Å²) in [6.07, 6.45) is 1.92. The second-order valence-electron chi connectivity index (χ2n) is 10.1. The number of amides is 1. The lowest BCUT2D eigenvalue weighted by atomic mass is 9.38. The minimum atomic E-state index is -1.21. The summed E-state index contributed by atoms with van der Waals surface area (Å²) in [5.41, 5.74) is -1.07. The first kappa shape index (κ1) is 23.4. The van der Waals surface area contributed by atoms with Crippen LogP contribution < -0.4 is 14.8 Å². The molecule has 9 heteroatoms. The number of carbonyl (C=O) groups excluding carboxylic acids is 2. The normalized spacial score (nSPS) is 30.8. The molecule has 2 N–H and O–H groups in total. The number of benzene rings is 2. The van der Waals surface area contributed by atoms with E-state index in [1.54, 1.807) is 25.1 Å². The Balaban J connectivity index is 1.12. The molecule has 0 saturated heterocycles. The standard InChI is InChI=1S/C25H24Cl2FNO5/c1-23(32)9-21(34-20-5-2-14(26)6-16(20)23)19(30)8-24-11-25(12-24,13-24)29-22(31)10-33-15-3-4-17(27)18(28)7-15/h2-7,21,32H,8-13H2,1H3,(H,29,31)/t21-,23-,24?,25?/m1/s1. The van der Waals surface area contributed by atoms with Crippen molar-refractivity contribution >= 4 is 34.9 Å². The number of nitrogens with one attached hydrogen (secondary N) is 1. The lowest BCUT2D eigenvalue weighted by Crippen LogP contribution is -2.75. The van der Waals surface area contributed by atoms with E-state index >= 15 is 0 Å². The largest absolute Gasteiger partial charge is 0.484 e. The number of fused-ring (bicyclic) bond motifs is 1. The molecule has 0 radical (unpaired) electrons. The van der Waals surface area contributed by atoms with Crippen LogP contribution >= 0.6 is 23.2 Å². The first-order chi connectivity index (χ1) is 16.0. The van der Waals surface area contributed by atoms with Gasteiger partial charge in [0, 0.05) is 35.0 Å². The Morgan fingerprint density at radius 1 is 1.21 bits per heavy atom. The lowest BCUT2D eigenvalue weighted by Gasteiger charge is -2.70. The van der Waals surface area contributed by atoms with Crippen molar-refractivity contribution in [1.29, 1.82) is 0 Å². The fourth-order valence-electron chi connectivity index (χ4n) is 5.72. The Morgan fingerprint density at radius 2 is 1.94 bits per heavy atom. The second-order valence-corrected chi connectivity index (χ2v) is 10.9. The Hall–Kier alpha value is -2.35. The molecule has 4 aliphatic rings. The Morgan fingerprint density at radius 3 is 2.65 bits per heavy atom. The van der Waals surface area contributed by atoms with E-state index < -0.39 is 17.5 Å². The van der Waals surface area contributed by atoms with Crippen LogP contribution in [0.1, 0.15) is 44.6 Å². The highest BCUT2D eigenvalue weighted by Crippen LogP contribution is 2.69. The lowest BCUT2D eigenvalue weighted by molar-refractivity contribution is -0.176. The van der Waals surface area contributed by atoms with Crippen LogP contribution in [0.4, 0.5) is 4.39 Å². The minimum Gasteiger partial charge on any atom is -0.484 e. The van der Waals surface area contributed by atoms with E-state index in [1.165, 1.54) is 12.1 Å². The molecule has 6 nitrogen and oxygen atoms in total. The maximum Gasteiger partial charge on any atom is 0.258 e. The fraction of sp³-hybridized carbons (Fsp3) is 0.440. The molecule has 1 amide bonds. The van der Waals surface area contributed by atoms with Crippen LogP contribution in [0.15, 0.2) is 36.4 Å². The van der Waals surface area contributed by atoms with Gasteiger partial charge in [0.25, 0.3) is 5.91 Å². The van der Waals surface area contributed by atoms with Gasteiger partial charge in [-0.1, -0.05) is 23.2 Å². The van der Waals surface area contributed by atoms with Crippen LogP contribution in [-0.4, -0.2) is 35.0 Å². The number of ketones is 1. The van der Waals surface area contributed by atoms with Crippen molar-refractivity contribution in [2.45, 2.75) is 56.3 Å². The Kier molecular flexibility index (Phi) is 5.58. The predicted octanol–water partition coefficient (Wildman–Crippen LogP) is 4.57. The Bertz CT molecular complexity index is 1160. The molecule has 2 atom stereocenters. The van der Waals surface area contributed by atoms with Gasteiger partial charge in [-0.25, -0.2) is 4.39 Å². The molecular weight excluding hydrogens is 484 g/mol. The maximum atomic E-state index is 13.5. The summed E-state index contributed by atoms with van der Waals surface area (Å²) in [5, 5.41) is 14.3. The first-order valence-electron chi connectivity index (χ1n) is 11.1. The molecule has 1 aliphatic heterocycles. The van der Waals surface area contributed by atoms with E-state index in [0.29, 0.717) is 42.0 Å². The average Bonchev–Trinajstić information content (AvgIpc) is 2.72. The van der Waals surface area contributed by atoms with Crippen molar-refractivity contribution in [3.63, 3.8) is 0 Å². The molecule has 3 fully saturated rings. The molecule has 0 aromatic heterocycles. The van der Waals surface area contributed by atoms with E-state index in [1.807, 2.05) is 0 Å². The first-order valence-corrected chi connectivity index (χ1v) is 11.8. The molecule has 34 heavy (non-hydrogen) atoms. The number of hydrogen-bond donors (Lipinski definition) is 2. The van der Waals surface area contributed by atoms with Gasteiger partial charge in [-0.3, -0.25) is 9.59 Å². The monoisotopic (exact) mass is 507 g/mol. The molecule has 0 unspecified atom stereocenters. The number of halogens is 3. The summed E-state index contributed by atoms with van der Waals surface area (Å²) in [6, 6.07) is 9.02. The molecule has 180 valence electrons. The van der Waals surface area contributed by atoms with Gasteiger partial charge in [-0.2, -0.15) is 0 Å². The van der Waals surface area contributed by atoms with Crippen LogP contribution in [-0.2, 0) is 15.2 Å². The highest BCUT2D eigenvalue weighted by molar-refractivity contribution is 6.31. The molecule has 1 heterocycles. The van der Waals surface area contributed by atoms with Crippen molar-refractivity contribution in [2.24, 2.45) is 5.41 Å². The molecule has 3 saturated carbocycles. The minimum absolute atomic E-state index is 0.0126. The number of hydrogen-bond acceptors (Lipinski definition) is 5. The van der Waals surface area contributed by atoms with Gasteiger partial charge < -0.3 is 19.9 Å². The molecule has 3 aliphatic carbocycles. The maximum absolute atomic E-state index is 13.5. The molecule has 0 spiro atoms. The van der Waals surface area contributed by atoms with Crippen molar-refractivity contribution in [2.75, 3.05) is 6.61 Å². The van der Waals surface area contributed by atoms with Crippen LogP contribution in [0, 0.1) is 11.2 Å². The van der Waals surface area contributed by atoms with Gasteiger partial charge in [-0.05, 0) is 61.9 Å². The summed E-state index contributed by atoms with van der Waals surface area (Å²) in [5.74, 6) is -0.253. The smallest absolute Gasteiger partial charge is 0.258 e. The van der Waals surface area contributed by atoms with Gasteiger partial charge >= 0.3 is 0 Å². The van der Waals surface area contributed by atoms with Gasteiger partial charge in [0.05, 0.1) is 10.6 Å². The SMILES string of the molecule is C[C@@]1(O)C[C@H](C(=O)CC23CC(NC(=O)COc4ccc(Cl)c(F)c4)(C2)C3)Oc2ccc(Cl)cc21. The summed E-state index contributed by atoms with van der Waals surface area (Å²) in [4.78, 5) is 25.3. The summed E-state index contributed by atoms with van der Waals surface area (Å²) >= 11 is 11.7. The summed E-state index contributed by atoms with van der Waals surface area (Å²) in [6.45, 7) is 1.43. The number of Topliss-reactive ketones (excluding diaryl/α,β-unsaturated/α-hetero) is 1. The van der Waals surface area contributed by atoms with Crippen LogP contribution in [0.3, 0.4) is 0 Å². The average molecular weight is 508 g/mol. The molecule has 2 bridgehead atoms. The number of ether oxygens (including phenoxy) is 2. The topological polar surface area (TPSA) is 84.9 Å². The van der Waals surface area contributed by atoms with Gasteiger partial charge in [0.1, 0.15) is 17.3 Å². The summed E-state index contributed by atoms with van der Waals surface area (Å²) < 4.78 is 24.7. The van der Waals surface area contributed by atoms with E-state index in [0.717, 1.165) is 6.07 Å². The van der Waals surface area contributed by atoms with E-state index in [2.05, 4.69) is 5.32 Å². The van der Waals surface area contributed by atoms with Gasteiger partial charge in [0.2, 0.25) is 0 Å². The summed E-state index contributed by atoms with van der Waals surface area (Å²) in [7, 11) is 0. The Labute approximate surface area is 206 Å². The molecule has 2 aromatic rings. The second kappa shape index (κ2) is 8.11. The highest BCUT2D eigenvalue weighted by Gasteiger charge is 2.68. The van der Waals surface area contributed by atoms with Crippen LogP contribution in [0.2, 0.25) is 10.0 Å². The molecule has 2 aromatic carbocycles. The molecule has 6 rings (SSSR count). The quantitative estimate of drug-likeness (QED) is 0.573. The van der Waals surface area contributed by atoms with E-state index in [9.17, 15) is 19.1 Å². The third kappa shape index (κ3) is 4.25. The van der Waals surface area contributed by atoms with Crippen molar-refractivity contribution in [3.8, 4) is 11.5 Å². The number of rotatable bonds is 7. The zero-order chi connectivity index (χ0) is 24.3. The fourth-order valence-corrected chi connectivity index (χ4v) is 6.01. The van der Waals surface area contributed by atoms with E-state index in [-0.39, 0.29) is 46.4 Å². The predicted molar refractivity (Wildman–Crippen MR) is 124 cm³/mol. The van der Waals surface area contributed by atoms with Gasteiger partial charge in [0.15, 0.2) is 18.5 Å². The number of aliphatic hydroxyl groups is 1. The molecular formula is C25H24Cl2FNO5.